The Morgan fingerprint density at radius 3 is 1.70 bits per heavy atom. The van der Waals surface area contributed by atoms with Gasteiger partial charge in [-0.3, -0.25) is 4.90 Å². The maximum Gasteiger partial charge on any atom is 0.0695 e. The summed E-state index contributed by atoms with van der Waals surface area (Å²) < 4.78 is 0. The van der Waals surface area contributed by atoms with Crippen molar-refractivity contribution in [3.63, 3.8) is 0 Å². The normalized spacial score (nSPS) is 39.1. The Balaban J connectivity index is 1.90. The molecule has 0 aromatic rings. The summed E-state index contributed by atoms with van der Waals surface area (Å²) in [4.78, 5) is 2.60. The molecule has 0 bridgehead atoms. The first-order valence-electron chi connectivity index (χ1n) is 9.10. The molecular formula is C18H35NO. The van der Waals surface area contributed by atoms with Gasteiger partial charge in [-0.15, -0.1) is 0 Å². The highest BCUT2D eigenvalue weighted by Gasteiger charge is 2.33. The molecular weight excluding hydrogens is 246 g/mol. The smallest absolute Gasteiger partial charge is 0.0695 e. The molecule has 2 aliphatic rings. The summed E-state index contributed by atoms with van der Waals surface area (Å²) in [5.74, 6) is 1.59. The molecule has 2 fully saturated rings. The van der Waals surface area contributed by atoms with E-state index in [0.29, 0.717) is 6.04 Å². The molecule has 0 amide bonds. The van der Waals surface area contributed by atoms with Crippen molar-refractivity contribution in [2.75, 3.05) is 13.1 Å². The maximum atomic E-state index is 10.6. The van der Waals surface area contributed by atoms with Crippen molar-refractivity contribution in [2.45, 2.75) is 90.2 Å². The number of nitrogens with zero attached hydrogens (tertiary/aromatic N) is 1. The fourth-order valence-corrected chi connectivity index (χ4v) is 4.02. The highest BCUT2D eigenvalue weighted by atomic mass is 16.3. The van der Waals surface area contributed by atoms with Crippen LogP contribution in [-0.4, -0.2) is 35.2 Å². The molecule has 0 radical (unpaired) electrons. The molecule has 1 N–H and O–H groups in total. The zero-order chi connectivity index (χ0) is 14.4. The monoisotopic (exact) mass is 281 g/mol. The van der Waals surface area contributed by atoms with Gasteiger partial charge in [0.05, 0.1) is 6.10 Å². The molecule has 2 nitrogen and oxygen atoms in total. The van der Waals surface area contributed by atoms with Crippen LogP contribution in [0.3, 0.4) is 0 Å². The number of aliphatic hydroxyl groups excluding tert-OH is 1. The molecule has 4 unspecified atom stereocenters. The summed E-state index contributed by atoms with van der Waals surface area (Å²) in [6, 6.07) is 0.432. The summed E-state index contributed by atoms with van der Waals surface area (Å²) in [6.07, 6.45) is 12.9. The van der Waals surface area contributed by atoms with Crippen LogP contribution in [0.4, 0.5) is 0 Å². The highest BCUT2D eigenvalue weighted by molar-refractivity contribution is 4.87. The summed E-state index contributed by atoms with van der Waals surface area (Å²) in [6.45, 7) is 7.13. The van der Waals surface area contributed by atoms with E-state index in [1.54, 1.807) is 0 Å². The van der Waals surface area contributed by atoms with Crippen molar-refractivity contribution in [3.8, 4) is 0 Å². The second-order valence-corrected chi connectivity index (χ2v) is 7.45. The van der Waals surface area contributed by atoms with Gasteiger partial charge in [0.2, 0.25) is 0 Å². The van der Waals surface area contributed by atoms with Crippen LogP contribution in [0.2, 0.25) is 0 Å². The predicted octanol–water partition coefficient (Wildman–Crippen LogP) is 4.22. The van der Waals surface area contributed by atoms with Gasteiger partial charge in [-0.1, -0.05) is 65.2 Å². The number of likely N-dealkylation sites (tertiary alicyclic amines) is 1. The van der Waals surface area contributed by atoms with Crippen molar-refractivity contribution in [1.82, 2.24) is 4.90 Å². The molecule has 1 aliphatic carbocycles. The van der Waals surface area contributed by atoms with E-state index < -0.39 is 0 Å². The van der Waals surface area contributed by atoms with E-state index in [0.717, 1.165) is 18.3 Å². The van der Waals surface area contributed by atoms with Gasteiger partial charge in [-0.25, -0.2) is 0 Å². The largest absolute Gasteiger partial charge is 0.391 e. The van der Waals surface area contributed by atoms with E-state index in [4.69, 9.17) is 0 Å². The molecule has 0 spiro atoms. The van der Waals surface area contributed by atoms with E-state index in [1.165, 1.54) is 70.9 Å². The van der Waals surface area contributed by atoms with Gasteiger partial charge in [0.25, 0.3) is 0 Å². The third-order valence-electron chi connectivity index (χ3n) is 5.68. The molecule has 118 valence electrons. The fourth-order valence-electron chi connectivity index (χ4n) is 4.02. The zero-order valence-electron chi connectivity index (χ0n) is 13.7. The Bertz CT molecular complexity index is 258. The molecule has 4 atom stereocenters. The van der Waals surface area contributed by atoms with Crippen molar-refractivity contribution in [3.05, 3.63) is 0 Å². The summed E-state index contributed by atoms with van der Waals surface area (Å²) in [5, 5.41) is 10.6. The molecule has 1 aliphatic heterocycles. The van der Waals surface area contributed by atoms with Crippen LogP contribution in [-0.2, 0) is 0 Å². The Hall–Kier alpha value is -0.0800. The Morgan fingerprint density at radius 2 is 1.15 bits per heavy atom. The van der Waals surface area contributed by atoms with Crippen LogP contribution >= 0.6 is 0 Å². The van der Waals surface area contributed by atoms with Gasteiger partial charge in [0.1, 0.15) is 0 Å². The lowest BCUT2D eigenvalue weighted by Crippen LogP contribution is -2.42. The zero-order valence-corrected chi connectivity index (χ0v) is 13.7. The molecule has 1 heterocycles. The van der Waals surface area contributed by atoms with Crippen LogP contribution < -0.4 is 0 Å². The number of hydrogen-bond donors (Lipinski definition) is 1. The molecule has 20 heavy (non-hydrogen) atoms. The van der Waals surface area contributed by atoms with Crippen LogP contribution in [0.25, 0.3) is 0 Å². The van der Waals surface area contributed by atoms with Gasteiger partial charge >= 0.3 is 0 Å². The van der Waals surface area contributed by atoms with E-state index in [-0.39, 0.29) is 6.10 Å². The predicted molar refractivity (Wildman–Crippen MR) is 85.9 cm³/mol. The van der Waals surface area contributed by atoms with Crippen LogP contribution in [0, 0.1) is 11.8 Å². The maximum absolute atomic E-state index is 10.6. The number of aliphatic hydroxyl groups is 1. The first-order chi connectivity index (χ1) is 9.68. The lowest BCUT2D eigenvalue weighted by Gasteiger charge is -2.32. The first-order valence-corrected chi connectivity index (χ1v) is 9.10. The second kappa shape index (κ2) is 8.38. The van der Waals surface area contributed by atoms with Crippen LogP contribution in [0.15, 0.2) is 0 Å². The number of hydrogen-bond acceptors (Lipinski definition) is 2. The third kappa shape index (κ3) is 4.73. The summed E-state index contributed by atoms with van der Waals surface area (Å²) in [7, 11) is 0. The minimum Gasteiger partial charge on any atom is -0.391 e. The average molecular weight is 281 g/mol. The molecule has 2 rings (SSSR count). The molecule has 0 aromatic heterocycles. The topological polar surface area (TPSA) is 23.5 Å². The van der Waals surface area contributed by atoms with E-state index in [1.807, 2.05) is 0 Å². The van der Waals surface area contributed by atoms with Gasteiger partial charge in [-0.05, 0) is 24.7 Å². The SMILES string of the molecule is CC1CN(C2CCCCCCCCCCC2O)CC1C. The van der Waals surface area contributed by atoms with Crippen LogP contribution in [0.1, 0.15) is 78.1 Å². The van der Waals surface area contributed by atoms with E-state index in [9.17, 15) is 5.11 Å². The van der Waals surface area contributed by atoms with Crippen LogP contribution in [0.5, 0.6) is 0 Å². The Morgan fingerprint density at radius 1 is 0.700 bits per heavy atom. The van der Waals surface area contributed by atoms with Crippen molar-refractivity contribution < 1.29 is 5.11 Å². The second-order valence-electron chi connectivity index (χ2n) is 7.45. The van der Waals surface area contributed by atoms with Gasteiger partial charge in [0.15, 0.2) is 0 Å². The van der Waals surface area contributed by atoms with Crippen molar-refractivity contribution in [1.29, 1.82) is 0 Å². The van der Waals surface area contributed by atoms with Crippen molar-refractivity contribution >= 4 is 0 Å². The third-order valence-corrected chi connectivity index (χ3v) is 5.68. The van der Waals surface area contributed by atoms with E-state index >= 15 is 0 Å². The summed E-state index contributed by atoms with van der Waals surface area (Å²) in [5.41, 5.74) is 0. The number of rotatable bonds is 1. The standard InChI is InChI=1S/C18H35NO/c1-15-13-19(14-16(15)2)17-11-9-7-5-3-4-6-8-10-12-18(17)20/h15-18,20H,3-14H2,1-2H3. The van der Waals surface area contributed by atoms with Gasteiger partial charge in [-0.2, -0.15) is 0 Å². The van der Waals surface area contributed by atoms with Crippen molar-refractivity contribution in [2.24, 2.45) is 11.8 Å². The first kappa shape index (κ1) is 16.3. The molecule has 1 saturated heterocycles. The lowest BCUT2D eigenvalue weighted by molar-refractivity contribution is 0.0447. The lowest BCUT2D eigenvalue weighted by atomic mass is 9.95. The quantitative estimate of drug-likeness (QED) is 0.778. The fraction of sp³-hybridized carbons (Fsp3) is 1.00. The molecule has 1 saturated carbocycles. The Labute approximate surface area is 125 Å². The molecule has 2 heteroatoms. The Kier molecular flexibility index (Phi) is 6.83. The van der Waals surface area contributed by atoms with Gasteiger partial charge < -0.3 is 5.11 Å². The minimum atomic E-state index is -0.0908. The van der Waals surface area contributed by atoms with E-state index in [2.05, 4.69) is 18.7 Å². The van der Waals surface area contributed by atoms with Gasteiger partial charge in [0, 0.05) is 19.1 Å². The minimum absolute atomic E-state index is 0.0908. The highest BCUT2D eigenvalue weighted by Crippen LogP contribution is 2.29. The average Bonchev–Trinajstić information content (AvgIpc) is 2.73. The summed E-state index contributed by atoms with van der Waals surface area (Å²) >= 11 is 0. The molecule has 0 aromatic carbocycles.